The van der Waals surface area contributed by atoms with E-state index < -0.39 is 0 Å². The van der Waals surface area contributed by atoms with Crippen LogP contribution >= 0.6 is 0 Å². The Kier molecular flexibility index (Phi) is 3.74. The lowest BCUT2D eigenvalue weighted by Gasteiger charge is -2.24. The van der Waals surface area contributed by atoms with Crippen LogP contribution in [0.4, 0.5) is 5.69 Å². The number of aryl methyl sites for hydroxylation is 1. The summed E-state index contributed by atoms with van der Waals surface area (Å²) in [5.41, 5.74) is 12.8. The molecule has 0 radical (unpaired) electrons. The zero-order chi connectivity index (χ0) is 15.7. The lowest BCUT2D eigenvalue weighted by molar-refractivity contribution is 0.416. The number of hydrogen-bond donors (Lipinski definition) is 2. The molecule has 0 saturated heterocycles. The van der Waals surface area contributed by atoms with E-state index in [1.165, 1.54) is 5.56 Å². The third-order valence-corrected chi connectivity index (χ3v) is 4.21. The second kappa shape index (κ2) is 5.70. The number of nitrogens with zero attached hydrogens (tertiary/aromatic N) is 1. The molecule has 0 aromatic heterocycles. The van der Waals surface area contributed by atoms with Gasteiger partial charge in [0.25, 0.3) is 0 Å². The Morgan fingerprint density at radius 1 is 1.23 bits per heavy atom. The quantitative estimate of drug-likeness (QED) is 0.835. The molecule has 1 aliphatic rings. The van der Waals surface area contributed by atoms with E-state index in [0.29, 0.717) is 17.8 Å². The van der Waals surface area contributed by atoms with E-state index in [4.69, 9.17) is 10.5 Å². The molecule has 0 spiro atoms. The highest BCUT2D eigenvalue weighted by Crippen LogP contribution is 2.38. The molecule has 0 atom stereocenters. The molecule has 2 aromatic rings. The molecule has 0 aliphatic carbocycles. The van der Waals surface area contributed by atoms with E-state index in [-0.39, 0.29) is 0 Å². The van der Waals surface area contributed by atoms with Crippen LogP contribution in [0.15, 0.2) is 24.3 Å². The van der Waals surface area contributed by atoms with Crippen LogP contribution in [0, 0.1) is 18.3 Å². The standard InChI is InChI=1S/C18H19N3O/c1-11-3-4-17(22-2)15(7-11)14-8-12(9-19)18(20)16-10-21-6-5-13(14)16/h3-4,7-8,21H,5-6,10,20H2,1-2H3. The summed E-state index contributed by atoms with van der Waals surface area (Å²) < 4.78 is 5.52. The number of methoxy groups -OCH3 is 1. The third kappa shape index (κ3) is 2.30. The monoisotopic (exact) mass is 293 g/mol. The van der Waals surface area contributed by atoms with Gasteiger partial charge in [0.15, 0.2) is 0 Å². The number of fused-ring (bicyclic) bond motifs is 1. The van der Waals surface area contributed by atoms with Crippen LogP contribution in [-0.4, -0.2) is 13.7 Å². The van der Waals surface area contributed by atoms with Crippen molar-refractivity contribution in [1.29, 1.82) is 5.26 Å². The van der Waals surface area contributed by atoms with Crippen molar-refractivity contribution in [2.24, 2.45) is 0 Å². The summed E-state index contributed by atoms with van der Waals surface area (Å²) in [4.78, 5) is 0. The maximum absolute atomic E-state index is 9.39. The summed E-state index contributed by atoms with van der Waals surface area (Å²) in [6, 6.07) is 10.2. The van der Waals surface area contributed by atoms with Crippen molar-refractivity contribution in [1.82, 2.24) is 5.32 Å². The van der Waals surface area contributed by atoms with Crippen LogP contribution in [0.25, 0.3) is 11.1 Å². The van der Waals surface area contributed by atoms with Gasteiger partial charge in [0, 0.05) is 12.1 Å². The van der Waals surface area contributed by atoms with Gasteiger partial charge >= 0.3 is 0 Å². The van der Waals surface area contributed by atoms with Crippen LogP contribution < -0.4 is 15.8 Å². The Bertz CT molecular complexity index is 775. The normalized spacial score (nSPS) is 13.3. The minimum Gasteiger partial charge on any atom is -0.496 e. The summed E-state index contributed by atoms with van der Waals surface area (Å²) in [5.74, 6) is 0.819. The molecule has 3 rings (SSSR count). The molecule has 0 bridgehead atoms. The lowest BCUT2D eigenvalue weighted by atomic mass is 9.87. The van der Waals surface area contributed by atoms with Crippen LogP contribution in [0.2, 0.25) is 0 Å². The van der Waals surface area contributed by atoms with E-state index in [1.807, 2.05) is 18.2 Å². The zero-order valence-corrected chi connectivity index (χ0v) is 12.9. The van der Waals surface area contributed by atoms with Crippen LogP contribution in [-0.2, 0) is 13.0 Å². The van der Waals surface area contributed by atoms with Gasteiger partial charge in [0.1, 0.15) is 11.8 Å². The highest BCUT2D eigenvalue weighted by atomic mass is 16.5. The number of ether oxygens (including phenoxy) is 1. The van der Waals surface area contributed by atoms with Gasteiger partial charge in [0.2, 0.25) is 0 Å². The number of hydrogen-bond acceptors (Lipinski definition) is 4. The molecule has 3 N–H and O–H groups in total. The molecule has 112 valence electrons. The summed E-state index contributed by atoms with van der Waals surface area (Å²) in [6.07, 6.45) is 0.900. The van der Waals surface area contributed by atoms with Gasteiger partial charge in [-0.05, 0) is 54.8 Å². The Labute approximate surface area is 130 Å². The van der Waals surface area contributed by atoms with Crippen molar-refractivity contribution in [3.63, 3.8) is 0 Å². The molecule has 1 heterocycles. The molecule has 4 nitrogen and oxygen atoms in total. The Balaban J connectivity index is 2.32. The fourth-order valence-electron chi connectivity index (χ4n) is 3.08. The van der Waals surface area contributed by atoms with E-state index in [0.717, 1.165) is 41.0 Å². The summed E-state index contributed by atoms with van der Waals surface area (Å²) in [7, 11) is 1.67. The van der Waals surface area contributed by atoms with E-state index in [1.54, 1.807) is 7.11 Å². The number of nitrogens with one attached hydrogen (secondary N) is 1. The first-order chi connectivity index (χ1) is 10.7. The Morgan fingerprint density at radius 3 is 2.77 bits per heavy atom. The van der Waals surface area contributed by atoms with Gasteiger partial charge in [-0.1, -0.05) is 11.6 Å². The van der Waals surface area contributed by atoms with Crippen LogP contribution in [0.1, 0.15) is 22.3 Å². The first kappa shape index (κ1) is 14.4. The Hall–Kier alpha value is -2.51. The van der Waals surface area contributed by atoms with Crippen molar-refractivity contribution in [2.75, 3.05) is 19.4 Å². The maximum atomic E-state index is 9.39. The lowest BCUT2D eigenvalue weighted by Crippen LogP contribution is -2.25. The number of nitrogen functional groups attached to an aromatic ring is 1. The smallest absolute Gasteiger partial charge is 0.126 e. The van der Waals surface area contributed by atoms with Crippen molar-refractivity contribution >= 4 is 5.69 Å². The Morgan fingerprint density at radius 2 is 2.05 bits per heavy atom. The molecule has 0 saturated carbocycles. The van der Waals surface area contributed by atoms with Crippen molar-refractivity contribution in [2.45, 2.75) is 19.9 Å². The van der Waals surface area contributed by atoms with Gasteiger partial charge in [0.05, 0.1) is 18.4 Å². The molecule has 0 fully saturated rings. The molecule has 22 heavy (non-hydrogen) atoms. The molecule has 4 heteroatoms. The topological polar surface area (TPSA) is 71.1 Å². The van der Waals surface area contributed by atoms with E-state index >= 15 is 0 Å². The second-order valence-electron chi connectivity index (χ2n) is 5.58. The number of rotatable bonds is 2. The maximum Gasteiger partial charge on any atom is 0.126 e. The number of anilines is 1. The first-order valence-corrected chi connectivity index (χ1v) is 7.35. The minimum atomic E-state index is 0.529. The number of nitrogens with two attached hydrogens (primary N) is 1. The van der Waals surface area contributed by atoms with Crippen LogP contribution in [0.5, 0.6) is 5.75 Å². The third-order valence-electron chi connectivity index (χ3n) is 4.21. The fourth-order valence-corrected chi connectivity index (χ4v) is 3.08. The second-order valence-corrected chi connectivity index (χ2v) is 5.58. The predicted octanol–water partition coefficient (Wildman–Crippen LogP) is 2.77. The average molecular weight is 293 g/mol. The fraction of sp³-hybridized carbons (Fsp3) is 0.278. The van der Waals surface area contributed by atoms with E-state index in [9.17, 15) is 5.26 Å². The number of nitriles is 1. The first-order valence-electron chi connectivity index (χ1n) is 7.35. The SMILES string of the molecule is COc1ccc(C)cc1-c1cc(C#N)c(N)c2c1CCNC2. The average Bonchev–Trinajstić information content (AvgIpc) is 2.55. The number of benzene rings is 2. The van der Waals surface area contributed by atoms with E-state index in [2.05, 4.69) is 24.4 Å². The molecular formula is C18H19N3O. The van der Waals surface area contributed by atoms with Gasteiger partial charge in [-0.25, -0.2) is 0 Å². The molecule has 0 unspecified atom stereocenters. The highest BCUT2D eigenvalue weighted by Gasteiger charge is 2.21. The van der Waals surface area contributed by atoms with Gasteiger partial charge in [-0.2, -0.15) is 5.26 Å². The summed E-state index contributed by atoms with van der Waals surface area (Å²) in [5, 5.41) is 12.7. The summed E-state index contributed by atoms with van der Waals surface area (Å²) in [6.45, 7) is 3.68. The molecular weight excluding hydrogens is 274 g/mol. The van der Waals surface area contributed by atoms with Crippen molar-refractivity contribution in [3.8, 4) is 22.9 Å². The molecule has 0 amide bonds. The van der Waals surface area contributed by atoms with Gasteiger partial charge in [-0.15, -0.1) is 0 Å². The highest BCUT2D eigenvalue weighted by molar-refractivity contribution is 5.81. The van der Waals surface area contributed by atoms with Gasteiger partial charge in [-0.3, -0.25) is 0 Å². The van der Waals surface area contributed by atoms with Crippen molar-refractivity contribution < 1.29 is 4.74 Å². The largest absolute Gasteiger partial charge is 0.496 e. The van der Waals surface area contributed by atoms with Crippen LogP contribution in [0.3, 0.4) is 0 Å². The van der Waals surface area contributed by atoms with Gasteiger partial charge < -0.3 is 15.8 Å². The summed E-state index contributed by atoms with van der Waals surface area (Å²) >= 11 is 0. The molecule has 1 aliphatic heterocycles. The zero-order valence-electron chi connectivity index (χ0n) is 12.9. The minimum absolute atomic E-state index is 0.529. The van der Waals surface area contributed by atoms with Crippen molar-refractivity contribution in [3.05, 3.63) is 46.5 Å². The molecule has 2 aromatic carbocycles. The predicted molar refractivity (Wildman–Crippen MR) is 87.7 cm³/mol.